The van der Waals surface area contributed by atoms with E-state index in [0.717, 1.165) is 0 Å². The van der Waals surface area contributed by atoms with Gasteiger partial charge in [0.1, 0.15) is 5.56 Å². The van der Waals surface area contributed by atoms with Crippen molar-refractivity contribution in [3.8, 4) is 17.2 Å². The number of aryl methyl sites for hydroxylation is 1. The fraction of sp³-hybridized carbons (Fsp3) is 0.455. The van der Waals surface area contributed by atoms with Crippen LogP contribution in [0.4, 0.5) is 0 Å². The molecule has 3 aliphatic heterocycles. The van der Waals surface area contributed by atoms with E-state index in [1.165, 1.54) is 4.57 Å². The van der Waals surface area contributed by atoms with Gasteiger partial charge in [0.25, 0.3) is 11.5 Å². The molecule has 8 heteroatoms. The lowest BCUT2D eigenvalue weighted by atomic mass is 9.82. The Balaban J connectivity index is 1.49. The molecule has 1 amide bonds. The number of carbonyl (C=O) groups excluding carboxylic acids is 1. The van der Waals surface area contributed by atoms with Gasteiger partial charge in [0.05, 0.1) is 25.5 Å². The maximum absolute atomic E-state index is 13.4. The van der Waals surface area contributed by atoms with Crippen LogP contribution in [0.25, 0.3) is 5.69 Å². The Bertz CT molecular complexity index is 1060. The number of amides is 1. The SMILES string of the molecule is COC[C@@]12COC[C@@H]1CN(C(=O)c1c(C)ccn(-c3ccc4c(c3)OCO4)c1=O)C2. The minimum absolute atomic E-state index is 0.161. The van der Waals surface area contributed by atoms with Gasteiger partial charge >= 0.3 is 0 Å². The number of pyridine rings is 1. The summed E-state index contributed by atoms with van der Waals surface area (Å²) in [6.07, 6.45) is 1.69. The predicted octanol–water partition coefficient (Wildman–Crippen LogP) is 1.61. The molecule has 4 heterocycles. The van der Waals surface area contributed by atoms with Crippen molar-refractivity contribution in [1.29, 1.82) is 0 Å². The lowest BCUT2D eigenvalue weighted by Gasteiger charge is -2.26. The van der Waals surface area contributed by atoms with E-state index in [-0.39, 0.29) is 35.2 Å². The Hall–Kier alpha value is -2.84. The Morgan fingerprint density at radius 3 is 2.93 bits per heavy atom. The maximum atomic E-state index is 13.4. The maximum Gasteiger partial charge on any atom is 0.268 e. The van der Waals surface area contributed by atoms with Crippen molar-refractivity contribution in [3.05, 3.63) is 51.9 Å². The van der Waals surface area contributed by atoms with E-state index in [2.05, 4.69) is 0 Å². The normalized spacial score (nSPS) is 24.3. The number of nitrogens with zero attached hydrogens (tertiary/aromatic N) is 2. The molecular weight excluding hydrogens is 388 g/mol. The molecule has 8 nitrogen and oxygen atoms in total. The van der Waals surface area contributed by atoms with E-state index in [9.17, 15) is 9.59 Å². The van der Waals surface area contributed by atoms with Crippen LogP contribution < -0.4 is 15.0 Å². The van der Waals surface area contributed by atoms with Gasteiger partial charge in [-0.1, -0.05) is 0 Å². The summed E-state index contributed by atoms with van der Waals surface area (Å²) < 4.78 is 23.3. The van der Waals surface area contributed by atoms with Gasteiger partial charge in [0.15, 0.2) is 11.5 Å². The molecule has 0 aliphatic carbocycles. The van der Waals surface area contributed by atoms with Crippen LogP contribution in [0.5, 0.6) is 11.5 Å². The number of methoxy groups -OCH3 is 1. The van der Waals surface area contributed by atoms with Crippen LogP contribution in [-0.4, -0.2) is 62.2 Å². The number of aromatic nitrogens is 1. The van der Waals surface area contributed by atoms with E-state index in [1.807, 2.05) is 0 Å². The molecular formula is C22H24N2O6. The summed E-state index contributed by atoms with van der Waals surface area (Å²) in [5.41, 5.74) is 0.956. The summed E-state index contributed by atoms with van der Waals surface area (Å²) in [7, 11) is 1.67. The molecule has 2 atom stereocenters. The highest BCUT2D eigenvalue weighted by Gasteiger charge is 2.52. The van der Waals surface area contributed by atoms with Gasteiger partial charge in [-0.15, -0.1) is 0 Å². The molecule has 3 aliphatic rings. The number of hydrogen-bond donors (Lipinski definition) is 0. The van der Waals surface area contributed by atoms with Gasteiger partial charge in [-0.2, -0.15) is 0 Å². The quantitative estimate of drug-likeness (QED) is 0.759. The first-order valence-electron chi connectivity index (χ1n) is 10.0. The summed E-state index contributed by atoms with van der Waals surface area (Å²) in [4.78, 5) is 28.5. The van der Waals surface area contributed by atoms with Gasteiger partial charge in [0.2, 0.25) is 6.79 Å². The van der Waals surface area contributed by atoms with Crippen molar-refractivity contribution in [3.63, 3.8) is 0 Å². The van der Waals surface area contributed by atoms with E-state index in [4.69, 9.17) is 18.9 Å². The second-order valence-corrected chi connectivity index (χ2v) is 8.28. The third-order valence-corrected chi connectivity index (χ3v) is 6.39. The summed E-state index contributed by atoms with van der Waals surface area (Å²) in [5, 5.41) is 0. The highest BCUT2D eigenvalue weighted by Crippen LogP contribution is 2.42. The van der Waals surface area contributed by atoms with Crippen LogP contribution in [0.2, 0.25) is 0 Å². The van der Waals surface area contributed by atoms with E-state index >= 15 is 0 Å². The van der Waals surface area contributed by atoms with Gasteiger partial charge in [0, 0.05) is 43.8 Å². The molecule has 5 rings (SSSR count). The zero-order valence-electron chi connectivity index (χ0n) is 17.1. The Kier molecular flexibility index (Phi) is 4.56. The van der Waals surface area contributed by atoms with E-state index in [0.29, 0.717) is 55.7 Å². The largest absolute Gasteiger partial charge is 0.454 e. The number of carbonyl (C=O) groups is 1. The van der Waals surface area contributed by atoms with Crippen LogP contribution in [0.1, 0.15) is 15.9 Å². The zero-order valence-corrected chi connectivity index (χ0v) is 17.1. The number of fused-ring (bicyclic) bond motifs is 2. The monoisotopic (exact) mass is 412 g/mol. The van der Waals surface area contributed by atoms with Crippen LogP contribution in [0.3, 0.4) is 0 Å². The molecule has 0 bridgehead atoms. The first-order chi connectivity index (χ1) is 14.5. The highest BCUT2D eigenvalue weighted by molar-refractivity contribution is 5.95. The topological polar surface area (TPSA) is 79.2 Å². The van der Waals surface area contributed by atoms with Crippen LogP contribution in [0, 0.1) is 18.3 Å². The second kappa shape index (κ2) is 7.14. The molecule has 30 heavy (non-hydrogen) atoms. The van der Waals surface area contributed by atoms with Gasteiger partial charge < -0.3 is 23.8 Å². The summed E-state index contributed by atoms with van der Waals surface area (Å²) >= 11 is 0. The molecule has 0 saturated carbocycles. The molecule has 2 fully saturated rings. The number of likely N-dealkylation sites (tertiary alicyclic amines) is 1. The van der Waals surface area contributed by atoms with Crippen LogP contribution in [0.15, 0.2) is 35.3 Å². The third-order valence-electron chi connectivity index (χ3n) is 6.39. The van der Waals surface area contributed by atoms with Crippen molar-refractivity contribution < 1.29 is 23.7 Å². The van der Waals surface area contributed by atoms with Crippen LogP contribution in [-0.2, 0) is 9.47 Å². The molecule has 0 N–H and O–H groups in total. The van der Waals surface area contributed by atoms with Gasteiger partial charge in [-0.3, -0.25) is 14.2 Å². The molecule has 0 unspecified atom stereocenters. The van der Waals surface area contributed by atoms with E-state index in [1.54, 1.807) is 49.4 Å². The molecule has 1 aromatic heterocycles. The van der Waals surface area contributed by atoms with Crippen molar-refractivity contribution in [1.82, 2.24) is 9.47 Å². The minimum atomic E-state index is -0.340. The average Bonchev–Trinajstić information content (AvgIpc) is 3.41. The molecule has 0 spiro atoms. The average molecular weight is 412 g/mol. The zero-order chi connectivity index (χ0) is 20.9. The standard InChI is InChI=1S/C22H24N2O6/c1-14-5-6-24(16-3-4-17-18(7-16)30-13-29-17)21(26)19(14)20(25)23-8-15-9-28-12-22(15,10-23)11-27-2/h3-7,15H,8-13H2,1-2H3/t15-,22-/m0/s1. The van der Waals surface area contributed by atoms with Crippen molar-refractivity contribution in [2.45, 2.75) is 6.92 Å². The molecule has 2 saturated heterocycles. The Morgan fingerprint density at radius 2 is 2.10 bits per heavy atom. The number of rotatable bonds is 4. The first-order valence-corrected chi connectivity index (χ1v) is 10.0. The molecule has 2 aromatic rings. The molecule has 158 valence electrons. The molecule has 0 radical (unpaired) electrons. The number of hydrogen-bond acceptors (Lipinski definition) is 6. The van der Waals surface area contributed by atoms with Gasteiger partial charge in [-0.25, -0.2) is 0 Å². The fourth-order valence-corrected chi connectivity index (χ4v) is 4.76. The van der Waals surface area contributed by atoms with Crippen LogP contribution >= 0.6 is 0 Å². The number of benzene rings is 1. The Morgan fingerprint density at radius 1 is 1.27 bits per heavy atom. The third kappa shape index (κ3) is 2.90. The highest BCUT2D eigenvalue weighted by atomic mass is 16.7. The number of ether oxygens (including phenoxy) is 4. The fourth-order valence-electron chi connectivity index (χ4n) is 4.76. The van der Waals surface area contributed by atoms with E-state index < -0.39 is 0 Å². The lowest BCUT2D eigenvalue weighted by Crippen LogP contribution is -2.39. The predicted molar refractivity (Wildman–Crippen MR) is 107 cm³/mol. The molecule has 1 aromatic carbocycles. The summed E-state index contributed by atoms with van der Waals surface area (Å²) in [6.45, 7) is 4.78. The second-order valence-electron chi connectivity index (χ2n) is 8.28. The van der Waals surface area contributed by atoms with Crippen molar-refractivity contribution >= 4 is 5.91 Å². The van der Waals surface area contributed by atoms with Crippen molar-refractivity contribution in [2.24, 2.45) is 11.3 Å². The smallest absolute Gasteiger partial charge is 0.268 e. The Labute approximate surface area is 173 Å². The van der Waals surface area contributed by atoms with Crippen molar-refractivity contribution in [2.75, 3.05) is 46.8 Å². The summed E-state index contributed by atoms with van der Waals surface area (Å²) in [6, 6.07) is 7.09. The summed E-state index contributed by atoms with van der Waals surface area (Å²) in [5.74, 6) is 1.21. The minimum Gasteiger partial charge on any atom is -0.454 e. The first kappa shape index (κ1) is 19.1. The van der Waals surface area contributed by atoms with Gasteiger partial charge in [-0.05, 0) is 30.7 Å². The lowest BCUT2D eigenvalue weighted by molar-refractivity contribution is 0.0488.